The molecule has 17 heavy (non-hydrogen) atoms. The second-order valence-corrected chi connectivity index (χ2v) is 5.54. The van der Waals surface area contributed by atoms with E-state index in [0.717, 1.165) is 10.6 Å². The van der Waals surface area contributed by atoms with Crippen LogP contribution in [-0.2, 0) is 0 Å². The van der Waals surface area contributed by atoms with Gasteiger partial charge in [-0.05, 0) is 32.2 Å². The fraction of sp³-hybridized carbons (Fsp3) is 0.333. The molecular weight excluding hydrogens is 259 g/mol. The summed E-state index contributed by atoms with van der Waals surface area (Å²) >= 11 is 1.54. The van der Waals surface area contributed by atoms with Crippen molar-refractivity contribution in [3.8, 4) is 0 Å². The topological polar surface area (TPSA) is 3.24 Å². The molecule has 0 amide bonds. The van der Waals surface area contributed by atoms with Gasteiger partial charge in [-0.25, -0.2) is 4.39 Å². The second kappa shape index (κ2) is 5.28. The molecular formula is C12H18F2NPS. The summed E-state index contributed by atoms with van der Waals surface area (Å²) in [6, 6.07) is 1.80. The fourth-order valence-electron chi connectivity index (χ4n) is 1.69. The van der Waals surface area contributed by atoms with Crippen LogP contribution in [-0.4, -0.2) is 15.7 Å². The van der Waals surface area contributed by atoms with E-state index in [1.807, 2.05) is 31.1 Å². The van der Waals surface area contributed by atoms with E-state index in [1.54, 1.807) is 6.07 Å². The molecule has 0 saturated heterocycles. The van der Waals surface area contributed by atoms with Crippen LogP contribution in [0.1, 0.15) is 31.2 Å². The van der Waals surface area contributed by atoms with Crippen molar-refractivity contribution < 1.29 is 9.11 Å². The predicted octanol–water partition coefficient (Wildman–Crippen LogP) is 4.31. The molecule has 0 spiro atoms. The SMILES string of the molecule is C=C1c2sccc2C(F)=CN1C(C)(C)C.[3H]F.[3H]P([3H])[3H]. The number of hydrogen-bond donors (Lipinski definition) is 0. The summed E-state index contributed by atoms with van der Waals surface area (Å²) in [5.74, 6) is -0.173. The average molecular weight is 285 g/mol. The predicted molar refractivity (Wildman–Crippen MR) is 77.6 cm³/mol. The summed E-state index contributed by atoms with van der Waals surface area (Å²) in [6.07, 6.45) is 1.54. The van der Waals surface area contributed by atoms with E-state index in [-0.39, 0.29) is 11.4 Å². The third kappa shape index (κ3) is 2.75. The Kier molecular flexibility index (Phi) is 3.17. The molecule has 1 aromatic rings. The third-order valence-electron chi connectivity index (χ3n) is 2.44. The van der Waals surface area contributed by atoms with Crippen LogP contribution in [0.15, 0.2) is 24.2 Å². The summed E-state index contributed by atoms with van der Waals surface area (Å²) in [5.41, 5.74) is 1.41. The van der Waals surface area contributed by atoms with Gasteiger partial charge < -0.3 is 4.90 Å². The largest absolute Gasteiger partial charge is 0.339 e. The highest BCUT2D eigenvalue weighted by Crippen LogP contribution is 2.40. The van der Waals surface area contributed by atoms with Crippen molar-refractivity contribution in [1.82, 2.24) is 4.90 Å². The summed E-state index contributed by atoms with van der Waals surface area (Å²) in [5, 5.41) is 1.90. The first kappa shape index (κ1) is 10.2. The maximum absolute atomic E-state index is 13.7. The molecule has 1 aliphatic rings. The molecule has 0 aromatic carbocycles. The zero-order valence-electron chi connectivity index (χ0n) is 14.0. The number of hydrogen-bond acceptors (Lipinski definition) is 2. The molecule has 0 N–H and O–H groups in total. The molecule has 96 valence electrons. The minimum absolute atomic E-state index is 0.143. The molecule has 0 radical (unpaired) electrons. The Morgan fingerprint density at radius 3 is 2.71 bits per heavy atom. The number of thiophene rings is 1. The standard InChI is InChI=1S/C12H14FNS.FH.H3P/c1-8-11-9(5-6-15-11)10(13)7-14(8)12(2,3)4;;/h5-7H,1H2,2-4H3;1H;1H3/i;;1T3/hT. The van der Waals surface area contributed by atoms with E-state index in [4.69, 9.17) is 8.55 Å². The zero-order valence-corrected chi connectivity index (χ0v) is 11.7. The lowest BCUT2D eigenvalue weighted by Gasteiger charge is -2.38. The summed E-state index contributed by atoms with van der Waals surface area (Å²) < 4.78 is 44.7. The fourth-order valence-corrected chi connectivity index (χ4v) is 2.56. The van der Waals surface area contributed by atoms with Crippen molar-refractivity contribution in [2.75, 3.05) is 0 Å². The van der Waals surface area contributed by atoms with Crippen molar-refractivity contribution in [1.29, 1.82) is 5.29 Å². The monoisotopic (exact) mass is 285 g/mol. The van der Waals surface area contributed by atoms with Gasteiger partial charge in [0.05, 0.1) is 14.4 Å². The van der Waals surface area contributed by atoms with Crippen molar-refractivity contribution in [2.24, 2.45) is 0 Å². The molecule has 0 atom stereocenters. The van der Waals surface area contributed by atoms with Crippen LogP contribution in [0.2, 0.25) is 0 Å². The molecule has 1 aliphatic heterocycles. The average Bonchev–Trinajstić information content (AvgIpc) is 2.84. The van der Waals surface area contributed by atoms with Crippen LogP contribution in [0.25, 0.3) is 11.5 Å². The molecule has 1 aromatic heterocycles. The van der Waals surface area contributed by atoms with Gasteiger partial charge in [0.15, 0.2) is 0 Å². The van der Waals surface area contributed by atoms with E-state index >= 15 is 0 Å². The van der Waals surface area contributed by atoms with Gasteiger partial charge in [0.2, 0.25) is 0 Å². The van der Waals surface area contributed by atoms with Gasteiger partial charge in [-0.1, -0.05) is 6.58 Å². The highest BCUT2D eigenvalue weighted by atomic mass is 32.1. The molecule has 0 fully saturated rings. The Morgan fingerprint density at radius 1 is 1.59 bits per heavy atom. The van der Waals surface area contributed by atoms with Crippen molar-refractivity contribution in [2.45, 2.75) is 26.3 Å². The van der Waals surface area contributed by atoms with Crippen LogP contribution >= 0.6 is 21.1 Å². The van der Waals surface area contributed by atoms with Crippen molar-refractivity contribution in [3.63, 3.8) is 0 Å². The third-order valence-corrected chi connectivity index (χ3v) is 3.40. The Morgan fingerprint density at radius 2 is 2.18 bits per heavy atom. The lowest BCUT2D eigenvalue weighted by molar-refractivity contribution is 0.294. The van der Waals surface area contributed by atoms with E-state index in [0.29, 0.717) is 5.56 Å². The minimum Gasteiger partial charge on any atom is -0.339 e. The second-order valence-electron chi connectivity index (χ2n) is 4.63. The smallest absolute Gasteiger partial charge is 0.269 e. The van der Waals surface area contributed by atoms with Gasteiger partial charge in [-0.2, -0.15) is 9.73 Å². The van der Waals surface area contributed by atoms with Gasteiger partial charge >= 0.3 is 0 Å². The molecule has 0 bridgehead atoms. The summed E-state index contributed by atoms with van der Waals surface area (Å²) in [4.78, 5) is 2.83. The lowest BCUT2D eigenvalue weighted by Crippen LogP contribution is -2.36. The van der Waals surface area contributed by atoms with Crippen LogP contribution in [0.3, 0.4) is 0 Å². The van der Waals surface area contributed by atoms with E-state index < -0.39 is 9.73 Å². The van der Waals surface area contributed by atoms with E-state index in [2.05, 4.69) is 8.03 Å². The normalized spacial score (nSPS) is 17.2. The Balaban J connectivity index is 0.000000579. The van der Waals surface area contributed by atoms with Gasteiger partial charge in [0, 0.05) is 17.3 Å². The number of rotatable bonds is 0. The van der Waals surface area contributed by atoms with Crippen LogP contribution in [0.4, 0.5) is 9.11 Å². The van der Waals surface area contributed by atoms with Crippen LogP contribution < -0.4 is 0 Å². The molecule has 1 nitrogen and oxygen atoms in total. The van der Waals surface area contributed by atoms with Gasteiger partial charge in [0.25, 0.3) is 1.45 Å². The van der Waals surface area contributed by atoms with Gasteiger partial charge in [-0.15, -0.1) is 11.3 Å². The molecule has 2 heterocycles. The molecule has 0 aliphatic carbocycles. The number of nitrogens with zero attached hydrogens (tertiary/aromatic N) is 1. The maximum atomic E-state index is 13.7. The zero-order chi connectivity index (χ0) is 16.8. The quantitative estimate of drug-likeness (QED) is 0.642. The Bertz CT molecular complexity index is 497. The summed E-state index contributed by atoms with van der Waals surface area (Å²) in [6.45, 7) is 10.2. The van der Waals surface area contributed by atoms with Crippen molar-refractivity contribution in [3.05, 3.63) is 34.7 Å². The molecule has 5 heteroatoms. The Labute approximate surface area is 113 Å². The first-order valence-corrected chi connectivity index (χ1v) is 5.73. The van der Waals surface area contributed by atoms with Gasteiger partial charge in [-0.3, -0.25) is 4.72 Å². The number of fused-ring (bicyclic) bond motifs is 1. The molecule has 0 saturated carbocycles. The highest BCUT2D eigenvalue weighted by molar-refractivity contribution is 7.11. The van der Waals surface area contributed by atoms with Gasteiger partial charge in [0.1, 0.15) is 5.83 Å². The van der Waals surface area contributed by atoms with Crippen LogP contribution in [0.5, 0.6) is 0 Å². The molecule has 0 unspecified atom stereocenters. The lowest BCUT2D eigenvalue weighted by atomic mass is 10.0. The van der Waals surface area contributed by atoms with E-state index in [1.165, 1.54) is 17.5 Å². The van der Waals surface area contributed by atoms with Crippen LogP contribution in [0, 0.1) is 0 Å². The summed E-state index contributed by atoms with van der Waals surface area (Å²) in [7, 11) is -1.87. The minimum atomic E-state index is -1.87. The molecule has 2 rings (SSSR count). The first-order valence-electron chi connectivity index (χ1n) is 6.57. The first-order chi connectivity index (χ1) is 9.64. The highest BCUT2D eigenvalue weighted by Gasteiger charge is 2.29. The van der Waals surface area contributed by atoms with Crippen molar-refractivity contribution >= 4 is 32.6 Å². The Hall–Kier alpha value is -0.730. The van der Waals surface area contributed by atoms with E-state index in [9.17, 15) is 4.39 Å². The maximum Gasteiger partial charge on any atom is 0.269 e. The number of halogens is 2.